The highest BCUT2D eigenvalue weighted by Gasteiger charge is 2.10. The Kier molecular flexibility index (Phi) is 4.15. The maximum absolute atomic E-state index is 11.7. The summed E-state index contributed by atoms with van der Waals surface area (Å²) in [6, 6.07) is 10.2. The summed E-state index contributed by atoms with van der Waals surface area (Å²) in [7, 11) is 0. The van der Waals surface area contributed by atoms with E-state index in [2.05, 4.69) is 0 Å². The first-order valence-electron chi connectivity index (χ1n) is 6.12. The van der Waals surface area contributed by atoms with Gasteiger partial charge in [0, 0.05) is 6.08 Å². The van der Waals surface area contributed by atoms with Gasteiger partial charge in [-0.05, 0) is 44.2 Å². The first-order chi connectivity index (χ1) is 9.56. The van der Waals surface area contributed by atoms with Gasteiger partial charge in [0.15, 0.2) is 5.78 Å². The molecule has 0 saturated carbocycles. The first kappa shape index (κ1) is 13.8. The van der Waals surface area contributed by atoms with Crippen molar-refractivity contribution in [1.29, 1.82) is 0 Å². The van der Waals surface area contributed by atoms with E-state index in [1.165, 1.54) is 19.1 Å². The zero-order valence-electron chi connectivity index (χ0n) is 11.3. The molecular weight excluding hydrogens is 256 g/mol. The molecule has 0 amide bonds. The van der Waals surface area contributed by atoms with Crippen molar-refractivity contribution in [3.8, 4) is 5.75 Å². The van der Waals surface area contributed by atoms with Crippen LogP contribution in [0.5, 0.6) is 5.75 Å². The van der Waals surface area contributed by atoms with Crippen molar-refractivity contribution in [2.24, 2.45) is 0 Å². The van der Waals surface area contributed by atoms with Gasteiger partial charge < -0.3 is 9.15 Å². The van der Waals surface area contributed by atoms with E-state index >= 15 is 0 Å². The molecule has 2 rings (SSSR count). The molecule has 102 valence electrons. The summed E-state index contributed by atoms with van der Waals surface area (Å²) in [5, 5.41) is 0. The van der Waals surface area contributed by atoms with Crippen molar-refractivity contribution in [3.63, 3.8) is 0 Å². The van der Waals surface area contributed by atoms with Crippen molar-refractivity contribution >= 4 is 17.8 Å². The molecule has 2 aromatic rings. The van der Waals surface area contributed by atoms with E-state index < -0.39 is 5.97 Å². The topological polar surface area (TPSA) is 56.5 Å². The van der Waals surface area contributed by atoms with Crippen LogP contribution in [-0.2, 0) is 4.79 Å². The second-order valence-electron chi connectivity index (χ2n) is 4.26. The molecule has 0 saturated heterocycles. The molecule has 0 aliphatic carbocycles. The Morgan fingerprint density at radius 2 is 1.90 bits per heavy atom. The standard InChI is InChI=1S/C16H14O4/c1-11-7-8-13(19-11)9-10-16(18)20-15-6-4-3-5-14(15)12(2)17/h3-10H,1-2H3. The molecule has 1 aromatic heterocycles. The quantitative estimate of drug-likeness (QED) is 0.370. The van der Waals surface area contributed by atoms with Crippen LogP contribution in [0.15, 0.2) is 46.9 Å². The SMILES string of the molecule is CC(=O)c1ccccc1OC(=O)C=Cc1ccc(C)o1. The van der Waals surface area contributed by atoms with Crippen molar-refractivity contribution in [2.75, 3.05) is 0 Å². The van der Waals surface area contributed by atoms with Crippen LogP contribution in [0, 0.1) is 6.92 Å². The fraction of sp³-hybridized carbons (Fsp3) is 0.125. The van der Waals surface area contributed by atoms with Crippen LogP contribution in [-0.4, -0.2) is 11.8 Å². The van der Waals surface area contributed by atoms with E-state index in [1.54, 1.807) is 36.4 Å². The predicted octanol–water partition coefficient (Wildman–Crippen LogP) is 3.41. The molecule has 4 heteroatoms. The molecule has 4 nitrogen and oxygen atoms in total. The minimum absolute atomic E-state index is 0.154. The fourth-order valence-electron chi connectivity index (χ4n) is 1.68. The van der Waals surface area contributed by atoms with Crippen LogP contribution in [0.3, 0.4) is 0 Å². The zero-order chi connectivity index (χ0) is 14.5. The Balaban J connectivity index is 2.09. The largest absolute Gasteiger partial charge is 0.462 e. The first-order valence-corrected chi connectivity index (χ1v) is 6.12. The number of hydrogen-bond donors (Lipinski definition) is 0. The van der Waals surface area contributed by atoms with E-state index in [0.29, 0.717) is 11.3 Å². The average Bonchev–Trinajstić information content (AvgIpc) is 2.83. The minimum atomic E-state index is -0.562. The molecule has 20 heavy (non-hydrogen) atoms. The van der Waals surface area contributed by atoms with Crippen LogP contribution >= 0.6 is 0 Å². The molecule has 0 radical (unpaired) electrons. The predicted molar refractivity (Wildman–Crippen MR) is 74.6 cm³/mol. The lowest BCUT2D eigenvalue weighted by Gasteiger charge is -2.05. The molecular formula is C16H14O4. The summed E-state index contributed by atoms with van der Waals surface area (Å²) in [5.74, 6) is 0.872. The van der Waals surface area contributed by atoms with Crippen molar-refractivity contribution in [1.82, 2.24) is 0 Å². The second-order valence-corrected chi connectivity index (χ2v) is 4.26. The van der Waals surface area contributed by atoms with Gasteiger partial charge in [0.05, 0.1) is 5.56 Å². The molecule has 0 fully saturated rings. The number of carbonyl (C=O) groups excluding carboxylic acids is 2. The molecule has 1 heterocycles. The van der Waals surface area contributed by atoms with Gasteiger partial charge in [-0.25, -0.2) is 4.79 Å². The highest BCUT2D eigenvalue weighted by molar-refractivity contribution is 5.98. The summed E-state index contributed by atoms with van der Waals surface area (Å²) in [5.41, 5.74) is 0.378. The molecule has 1 aromatic carbocycles. The van der Waals surface area contributed by atoms with Gasteiger partial charge in [-0.15, -0.1) is 0 Å². The third-order valence-corrected chi connectivity index (χ3v) is 2.62. The van der Waals surface area contributed by atoms with E-state index in [9.17, 15) is 9.59 Å². The summed E-state index contributed by atoms with van der Waals surface area (Å²) in [6.45, 7) is 3.24. The Morgan fingerprint density at radius 1 is 1.15 bits per heavy atom. The zero-order valence-corrected chi connectivity index (χ0v) is 11.3. The Morgan fingerprint density at radius 3 is 2.55 bits per heavy atom. The minimum Gasteiger partial charge on any atom is -0.462 e. The van der Waals surface area contributed by atoms with Crippen molar-refractivity contribution in [2.45, 2.75) is 13.8 Å². The third-order valence-electron chi connectivity index (χ3n) is 2.62. The van der Waals surface area contributed by atoms with Crippen LogP contribution in [0.2, 0.25) is 0 Å². The normalized spacial score (nSPS) is 10.7. The number of rotatable bonds is 4. The lowest BCUT2D eigenvalue weighted by atomic mass is 10.1. The summed E-state index contributed by atoms with van der Waals surface area (Å²) in [4.78, 5) is 23.1. The van der Waals surface area contributed by atoms with Crippen LogP contribution < -0.4 is 4.74 Å². The number of para-hydroxylation sites is 1. The highest BCUT2D eigenvalue weighted by atomic mass is 16.5. The number of Topliss-reactive ketones (excluding diaryl/α,β-unsaturated/α-hetero) is 1. The number of carbonyl (C=O) groups is 2. The lowest BCUT2D eigenvalue weighted by Crippen LogP contribution is -2.07. The Bertz CT molecular complexity index is 665. The lowest BCUT2D eigenvalue weighted by molar-refractivity contribution is -0.128. The van der Waals surface area contributed by atoms with Gasteiger partial charge in [-0.1, -0.05) is 12.1 Å². The van der Waals surface area contributed by atoms with E-state index in [4.69, 9.17) is 9.15 Å². The highest BCUT2D eigenvalue weighted by Crippen LogP contribution is 2.18. The van der Waals surface area contributed by atoms with Gasteiger partial charge in [0.2, 0.25) is 0 Å². The van der Waals surface area contributed by atoms with Gasteiger partial charge in [0.1, 0.15) is 17.3 Å². The van der Waals surface area contributed by atoms with E-state index in [0.717, 1.165) is 5.76 Å². The van der Waals surface area contributed by atoms with Crippen LogP contribution in [0.25, 0.3) is 6.08 Å². The molecule has 0 unspecified atom stereocenters. The number of ketones is 1. The second kappa shape index (κ2) is 6.02. The third kappa shape index (κ3) is 3.45. The fourth-order valence-corrected chi connectivity index (χ4v) is 1.68. The number of furan rings is 1. The number of esters is 1. The summed E-state index contributed by atoms with van der Waals surface area (Å²) in [6.07, 6.45) is 2.78. The van der Waals surface area contributed by atoms with Crippen molar-refractivity contribution < 1.29 is 18.7 Å². The molecule has 0 aliphatic rings. The summed E-state index contributed by atoms with van der Waals surface area (Å²) < 4.78 is 10.4. The molecule has 0 atom stereocenters. The number of aryl methyl sites for hydroxylation is 1. The molecule has 0 N–H and O–H groups in total. The van der Waals surface area contributed by atoms with Crippen molar-refractivity contribution in [3.05, 3.63) is 59.6 Å². The average molecular weight is 270 g/mol. The molecule has 0 aliphatic heterocycles. The maximum Gasteiger partial charge on any atom is 0.336 e. The number of hydrogen-bond acceptors (Lipinski definition) is 4. The summed E-state index contributed by atoms with van der Waals surface area (Å²) >= 11 is 0. The van der Waals surface area contributed by atoms with E-state index in [-0.39, 0.29) is 11.5 Å². The van der Waals surface area contributed by atoms with Gasteiger partial charge >= 0.3 is 5.97 Å². The Labute approximate surface area is 116 Å². The number of ether oxygens (including phenoxy) is 1. The molecule has 0 spiro atoms. The van der Waals surface area contributed by atoms with Crippen LogP contribution in [0.1, 0.15) is 28.8 Å². The van der Waals surface area contributed by atoms with Gasteiger partial charge in [0.25, 0.3) is 0 Å². The monoisotopic (exact) mass is 270 g/mol. The Hall–Kier alpha value is -2.62. The maximum atomic E-state index is 11.7. The van der Waals surface area contributed by atoms with Gasteiger partial charge in [-0.3, -0.25) is 4.79 Å². The van der Waals surface area contributed by atoms with Crippen LogP contribution in [0.4, 0.5) is 0 Å². The number of benzene rings is 1. The van der Waals surface area contributed by atoms with E-state index in [1.807, 2.05) is 6.92 Å². The smallest absolute Gasteiger partial charge is 0.336 e. The molecule has 0 bridgehead atoms. The van der Waals surface area contributed by atoms with Gasteiger partial charge in [-0.2, -0.15) is 0 Å².